The molecule has 1 aliphatic heterocycles. The molecule has 0 N–H and O–H groups in total. The minimum Gasteiger partial charge on any atom is -0.493 e. The molecule has 1 aromatic carbocycles. The van der Waals surface area contributed by atoms with Gasteiger partial charge in [0.05, 0.1) is 14.2 Å². The first kappa shape index (κ1) is 21.8. The van der Waals surface area contributed by atoms with Crippen molar-refractivity contribution in [3.05, 3.63) is 51.9 Å². The highest BCUT2D eigenvalue weighted by atomic mass is 16.5. The van der Waals surface area contributed by atoms with Crippen LogP contribution in [0.3, 0.4) is 0 Å². The van der Waals surface area contributed by atoms with E-state index in [-0.39, 0.29) is 17.5 Å². The fraction of sp³-hybridized carbons (Fsp3) is 0.500. The van der Waals surface area contributed by atoms with E-state index in [0.29, 0.717) is 18.8 Å². The van der Waals surface area contributed by atoms with Crippen LogP contribution in [-0.4, -0.2) is 72.4 Å². The van der Waals surface area contributed by atoms with E-state index in [0.717, 1.165) is 37.3 Å². The van der Waals surface area contributed by atoms with Crippen molar-refractivity contribution in [3.8, 4) is 11.5 Å². The Bertz CT molecular complexity index is 943. The van der Waals surface area contributed by atoms with Gasteiger partial charge in [0.2, 0.25) is 0 Å². The van der Waals surface area contributed by atoms with Crippen LogP contribution in [0.25, 0.3) is 0 Å². The first-order valence-electron chi connectivity index (χ1n) is 10.2. The van der Waals surface area contributed by atoms with Crippen LogP contribution in [0.5, 0.6) is 11.5 Å². The predicted molar refractivity (Wildman–Crippen MR) is 114 cm³/mol. The lowest BCUT2D eigenvalue weighted by Gasteiger charge is -2.37. The molecular formula is C22H30N4O4. The van der Waals surface area contributed by atoms with Crippen molar-refractivity contribution in [1.29, 1.82) is 0 Å². The summed E-state index contributed by atoms with van der Waals surface area (Å²) in [5.74, 6) is 1.34. The van der Waals surface area contributed by atoms with Gasteiger partial charge in [0.15, 0.2) is 11.5 Å². The molecule has 2 aromatic rings. The van der Waals surface area contributed by atoms with Crippen molar-refractivity contribution in [2.45, 2.75) is 25.3 Å². The lowest BCUT2D eigenvalue weighted by atomic mass is 10.0. The number of rotatable bonds is 7. The number of ether oxygens (including phenoxy) is 2. The normalized spacial score (nSPS) is 16.6. The Morgan fingerprint density at radius 2 is 1.97 bits per heavy atom. The number of nitrogens with zero attached hydrogens (tertiary/aromatic N) is 4. The number of amides is 1. The summed E-state index contributed by atoms with van der Waals surface area (Å²) in [6.07, 6.45) is 2.87. The minimum absolute atomic E-state index is 0.122. The zero-order valence-electron chi connectivity index (χ0n) is 18.1. The van der Waals surface area contributed by atoms with Gasteiger partial charge in [-0.15, -0.1) is 0 Å². The van der Waals surface area contributed by atoms with Crippen molar-refractivity contribution >= 4 is 5.91 Å². The van der Waals surface area contributed by atoms with Crippen LogP contribution in [0.4, 0.5) is 0 Å². The number of aryl methyl sites for hydroxylation is 1. The monoisotopic (exact) mass is 414 g/mol. The molecule has 1 fully saturated rings. The number of hydrogen-bond acceptors (Lipinski definition) is 6. The van der Waals surface area contributed by atoms with Crippen molar-refractivity contribution in [2.75, 3.05) is 40.9 Å². The largest absolute Gasteiger partial charge is 0.493 e. The minimum atomic E-state index is -0.224. The summed E-state index contributed by atoms with van der Waals surface area (Å²) in [4.78, 5) is 28.5. The van der Waals surface area contributed by atoms with Gasteiger partial charge in [0.25, 0.3) is 11.5 Å². The molecule has 30 heavy (non-hydrogen) atoms. The molecular weight excluding hydrogens is 384 g/mol. The molecule has 0 saturated carbocycles. The van der Waals surface area contributed by atoms with E-state index in [1.54, 1.807) is 21.3 Å². The first-order valence-corrected chi connectivity index (χ1v) is 10.2. The van der Waals surface area contributed by atoms with E-state index in [2.05, 4.69) is 23.1 Å². The van der Waals surface area contributed by atoms with E-state index in [4.69, 9.17) is 9.47 Å². The van der Waals surface area contributed by atoms with Gasteiger partial charge in [-0.05, 0) is 50.1 Å². The first-order chi connectivity index (χ1) is 14.4. The number of benzene rings is 1. The second-order valence-electron chi connectivity index (χ2n) is 7.65. The Kier molecular flexibility index (Phi) is 7.10. The highest BCUT2D eigenvalue weighted by molar-refractivity contribution is 5.92. The van der Waals surface area contributed by atoms with Crippen LogP contribution in [-0.2, 0) is 13.5 Å². The quantitative estimate of drug-likeness (QED) is 0.685. The third kappa shape index (κ3) is 4.99. The molecule has 3 rings (SSSR count). The summed E-state index contributed by atoms with van der Waals surface area (Å²) in [6.45, 7) is 2.25. The third-order valence-corrected chi connectivity index (χ3v) is 5.69. The van der Waals surface area contributed by atoms with Crippen molar-refractivity contribution in [3.63, 3.8) is 0 Å². The molecule has 0 aliphatic carbocycles. The molecule has 162 valence electrons. The van der Waals surface area contributed by atoms with Crippen LogP contribution in [0.2, 0.25) is 0 Å². The van der Waals surface area contributed by atoms with E-state index in [1.165, 1.54) is 22.4 Å². The topological polar surface area (TPSA) is 76.9 Å². The summed E-state index contributed by atoms with van der Waals surface area (Å²) >= 11 is 0. The van der Waals surface area contributed by atoms with Gasteiger partial charge in [-0.1, -0.05) is 6.07 Å². The summed E-state index contributed by atoms with van der Waals surface area (Å²) in [5.41, 5.74) is 1.27. The summed E-state index contributed by atoms with van der Waals surface area (Å²) in [7, 11) is 6.93. The Labute approximate surface area is 177 Å². The Hall–Kier alpha value is -2.87. The lowest BCUT2D eigenvalue weighted by Crippen LogP contribution is -2.49. The molecule has 1 aliphatic rings. The summed E-state index contributed by atoms with van der Waals surface area (Å²) < 4.78 is 11.9. The number of piperidine rings is 1. The van der Waals surface area contributed by atoms with Crippen LogP contribution < -0.4 is 15.0 Å². The van der Waals surface area contributed by atoms with Crippen LogP contribution in [0.1, 0.15) is 28.9 Å². The second kappa shape index (κ2) is 9.75. The van der Waals surface area contributed by atoms with Gasteiger partial charge in [-0.3, -0.25) is 9.59 Å². The van der Waals surface area contributed by atoms with Gasteiger partial charge in [0, 0.05) is 38.8 Å². The third-order valence-electron chi connectivity index (χ3n) is 5.69. The highest BCUT2D eigenvalue weighted by Crippen LogP contribution is 2.28. The van der Waals surface area contributed by atoms with Crippen LogP contribution in [0, 0.1) is 0 Å². The molecule has 0 spiro atoms. The summed E-state index contributed by atoms with van der Waals surface area (Å²) in [6, 6.07) is 9.17. The number of methoxy groups -OCH3 is 2. The number of likely N-dealkylation sites (tertiary alicyclic amines) is 1. The number of hydrogen-bond donors (Lipinski definition) is 0. The van der Waals surface area contributed by atoms with E-state index in [1.807, 2.05) is 17.0 Å². The van der Waals surface area contributed by atoms with Gasteiger partial charge < -0.3 is 19.3 Å². The molecule has 0 radical (unpaired) electrons. The Morgan fingerprint density at radius 1 is 1.20 bits per heavy atom. The Balaban J connectivity index is 1.60. The van der Waals surface area contributed by atoms with Gasteiger partial charge in [0.1, 0.15) is 5.69 Å². The smallest absolute Gasteiger partial charge is 0.274 e. The SMILES string of the molecule is COc1ccc(CCN(C)C2CCCN(C(=O)c3ccc(=O)n(C)n3)C2)cc1OC. The van der Waals surface area contributed by atoms with Crippen molar-refractivity contribution < 1.29 is 14.3 Å². The molecule has 2 heterocycles. The zero-order chi connectivity index (χ0) is 21.7. The molecule has 1 atom stereocenters. The molecule has 8 nitrogen and oxygen atoms in total. The standard InChI is InChI=1S/C22H30N4O4/c1-24(13-11-16-7-9-19(29-3)20(14-16)30-4)17-6-5-12-26(15-17)22(28)18-8-10-21(27)25(2)23-18/h7-10,14,17H,5-6,11-13,15H2,1-4H3. The molecule has 1 saturated heterocycles. The zero-order valence-corrected chi connectivity index (χ0v) is 18.1. The van der Waals surface area contributed by atoms with Gasteiger partial charge in [-0.2, -0.15) is 5.10 Å². The fourth-order valence-electron chi connectivity index (χ4n) is 3.80. The lowest BCUT2D eigenvalue weighted by molar-refractivity contribution is 0.0603. The fourth-order valence-corrected chi connectivity index (χ4v) is 3.80. The molecule has 1 amide bonds. The van der Waals surface area contributed by atoms with Crippen LogP contribution >= 0.6 is 0 Å². The molecule has 8 heteroatoms. The van der Waals surface area contributed by atoms with Crippen molar-refractivity contribution in [2.24, 2.45) is 7.05 Å². The van der Waals surface area contributed by atoms with Gasteiger partial charge in [-0.25, -0.2) is 4.68 Å². The van der Waals surface area contributed by atoms with Crippen LogP contribution in [0.15, 0.2) is 35.1 Å². The second-order valence-corrected chi connectivity index (χ2v) is 7.65. The maximum Gasteiger partial charge on any atom is 0.274 e. The molecule has 1 unspecified atom stereocenters. The summed E-state index contributed by atoms with van der Waals surface area (Å²) in [5, 5.41) is 4.10. The Morgan fingerprint density at radius 3 is 2.67 bits per heavy atom. The van der Waals surface area contributed by atoms with Crippen molar-refractivity contribution in [1.82, 2.24) is 19.6 Å². The average Bonchev–Trinajstić information content (AvgIpc) is 2.78. The molecule has 1 aromatic heterocycles. The number of carbonyl (C=O) groups excluding carboxylic acids is 1. The maximum absolute atomic E-state index is 12.8. The number of carbonyl (C=O) groups is 1. The van der Waals surface area contributed by atoms with Gasteiger partial charge >= 0.3 is 0 Å². The van der Waals surface area contributed by atoms with E-state index in [9.17, 15) is 9.59 Å². The molecule has 0 bridgehead atoms. The van der Waals surface area contributed by atoms with E-state index >= 15 is 0 Å². The predicted octanol–water partition coefficient (Wildman–Crippen LogP) is 1.58. The number of aromatic nitrogens is 2. The maximum atomic E-state index is 12.8. The average molecular weight is 415 g/mol. The highest BCUT2D eigenvalue weighted by Gasteiger charge is 2.27. The number of likely N-dealkylation sites (N-methyl/N-ethyl adjacent to an activating group) is 1. The van der Waals surface area contributed by atoms with E-state index < -0.39 is 0 Å².